The number of nitrogens with two attached hydrogens (primary N) is 1. The molecule has 1 aromatic heterocycles. The predicted molar refractivity (Wildman–Crippen MR) is 62.3 cm³/mol. The van der Waals surface area contributed by atoms with Crippen LogP contribution in [-0.4, -0.2) is 12.9 Å². The van der Waals surface area contributed by atoms with Crippen LogP contribution in [0.5, 0.6) is 0 Å². The van der Waals surface area contributed by atoms with E-state index in [1.54, 1.807) is 14.0 Å². The van der Waals surface area contributed by atoms with Crippen molar-refractivity contribution < 1.29 is 4.57 Å². The van der Waals surface area contributed by atoms with Crippen molar-refractivity contribution in [3.63, 3.8) is 0 Å². The number of nitrogens with zero attached hydrogens (tertiary/aromatic N) is 2. The van der Waals surface area contributed by atoms with E-state index in [1.165, 1.54) is 5.69 Å². The monoisotopic (exact) mass is 196 g/mol. The van der Waals surface area contributed by atoms with Crippen LogP contribution in [0.2, 0.25) is 0 Å². The molecule has 0 aliphatic heterocycles. The Hall–Kier alpha value is -1.38. The number of hydrogen-bond acceptors (Lipinski definition) is 1. The lowest BCUT2D eigenvalue weighted by atomic mass is 10.4. The summed E-state index contributed by atoms with van der Waals surface area (Å²) in [7, 11) is 3.70. The van der Waals surface area contributed by atoms with Crippen molar-refractivity contribution in [3.8, 4) is 0 Å². The van der Waals surface area contributed by atoms with Crippen LogP contribution in [-0.2, 0) is 7.05 Å². The Labute approximate surface area is 87.3 Å². The van der Waals surface area contributed by atoms with Crippen LogP contribution in [0.25, 0.3) is 0 Å². The summed E-state index contributed by atoms with van der Waals surface area (Å²) in [5.74, 6) is 0.630. The molecule has 0 amide bonds. The van der Waals surface area contributed by atoms with Gasteiger partial charge in [0.15, 0.2) is 11.9 Å². The molecule has 1 rings (SSSR count). The summed E-state index contributed by atoms with van der Waals surface area (Å²) in [6.45, 7) is 3.83. The van der Waals surface area contributed by atoms with Gasteiger partial charge >= 0.3 is 0 Å². The molecule has 2 N–H and O–H groups in total. The highest BCUT2D eigenvalue weighted by molar-refractivity contribution is 5.77. The largest absolute Gasteiger partial charge is 0.388 e. The Morgan fingerprint density at radius 2 is 1.93 bits per heavy atom. The highest BCUT2D eigenvalue weighted by Crippen LogP contribution is 1.83. The molecule has 0 saturated heterocycles. The quantitative estimate of drug-likeness (QED) is 0.381. The first-order valence-electron chi connectivity index (χ1n) is 4.18. The second-order valence-corrected chi connectivity index (χ2v) is 2.82. The third-order valence-electron chi connectivity index (χ3n) is 1.67. The molecule has 80 valence electrons. The molecule has 0 fully saturated rings. The van der Waals surface area contributed by atoms with Gasteiger partial charge in [-0.1, -0.05) is 13.5 Å². The van der Waals surface area contributed by atoms with E-state index in [2.05, 4.69) is 22.5 Å². The molecule has 0 aromatic carbocycles. The second-order valence-electron chi connectivity index (χ2n) is 2.82. The molecule has 14 heavy (non-hydrogen) atoms. The van der Waals surface area contributed by atoms with Gasteiger partial charge in [-0.25, -0.2) is 4.57 Å². The normalized spacial score (nSPS) is 9.57. The first-order chi connectivity index (χ1) is 6.07. The molecule has 3 nitrogen and oxygen atoms in total. The minimum Gasteiger partial charge on any atom is -0.388 e. The van der Waals surface area contributed by atoms with E-state index >= 15 is 0 Å². The van der Waals surface area contributed by atoms with E-state index in [9.17, 15) is 0 Å². The number of aromatic nitrogens is 1. The summed E-state index contributed by atoms with van der Waals surface area (Å²) < 4.78 is 2.08. The van der Waals surface area contributed by atoms with Crippen molar-refractivity contribution >= 4 is 5.84 Å². The lowest BCUT2D eigenvalue weighted by Crippen LogP contribution is -2.30. The minimum atomic E-state index is 0. The summed E-state index contributed by atoms with van der Waals surface area (Å²) in [5, 5.41) is 0. The average Bonchev–Trinajstić information content (AvgIpc) is 2.11. The molecule has 0 aliphatic rings. The van der Waals surface area contributed by atoms with E-state index < -0.39 is 0 Å². The van der Waals surface area contributed by atoms with Crippen molar-refractivity contribution in [2.24, 2.45) is 17.8 Å². The number of amidine groups is 1. The van der Waals surface area contributed by atoms with Gasteiger partial charge < -0.3 is 5.73 Å². The Balaban J connectivity index is 0. The summed E-state index contributed by atoms with van der Waals surface area (Å²) in [5.41, 5.74) is 6.33. The number of aliphatic imine (C=N–C) groups is 1. The topological polar surface area (TPSA) is 42.3 Å². The van der Waals surface area contributed by atoms with Gasteiger partial charge in [0.1, 0.15) is 7.05 Å². The van der Waals surface area contributed by atoms with E-state index in [4.69, 9.17) is 5.73 Å². The van der Waals surface area contributed by atoms with Crippen molar-refractivity contribution in [1.29, 1.82) is 0 Å². The molecular weight excluding hydrogens is 174 g/mol. The van der Waals surface area contributed by atoms with Crippen LogP contribution in [0, 0.1) is 6.92 Å². The van der Waals surface area contributed by atoms with E-state index in [0.29, 0.717) is 5.84 Å². The molecule has 0 radical (unpaired) electrons. The first-order valence-corrected chi connectivity index (χ1v) is 4.18. The number of aryl methyl sites for hydroxylation is 2. The molecule has 0 saturated carbocycles. The lowest BCUT2D eigenvalue weighted by molar-refractivity contribution is -0.677. The zero-order valence-corrected chi connectivity index (χ0v) is 8.78. The van der Waals surface area contributed by atoms with Crippen molar-refractivity contribution in [2.45, 2.75) is 21.3 Å². The van der Waals surface area contributed by atoms with Crippen LogP contribution < -0.4 is 10.3 Å². The van der Waals surface area contributed by atoms with Crippen molar-refractivity contribution in [3.05, 3.63) is 30.1 Å². The SMILES string of the molecule is C.CN=C(C)N.Cc1cccc[n+]1C. The Morgan fingerprint density at radius 3 is 2.14 bits per heavy atom. The summed E-state index contributed by atoms with van der Waals surface area (Å²) in [4.78, 5) is 3.58. The third-order valence-corrected chi connectivity index (χ3v) is 1.67. The summed E-state index contributed by atoms with van der Waals surface area (Å²) in [6, 6.07) is 6.14. The van der Waals surface area contributed by atoms with Gasteiger partial charge in [0.2, 0.25) is 0 Å². The fraction of sp³-hybridized carbons (Fsp3) is 0.455. The standard InChI is InChI=1S/C7H10N.C3H8N2.CH4/c1-7-5-3-4-6-8(7)2;1-3(4)5-2;/h3-6H,1-2H3;1-2H3,(H2,4,5);1H4/q+1;;. The van der Waals surface area contributed by atoms with Crippen molar-refractivity contribution in [2.75, 3.05) is 7.05 Å². The first kappa shape index (κ1) is 15.1. The lowest BCUT2D eigenvalue weighted by Gasteiger charge is -1.87. The number of pyridine rings is 1. The Bertz CT molecular complexity index is 255. The predicted octanol–water partition coefficient (Wildman–Crippen LogP) is 1.45. The highest BCUT2D eigenvalue weighted by atomic mass is 14.9. The van der Waals surface area contributed by atoms with Crippen LogP contribution >= 0.6 is 0 Å². The molecule has 0 atom stereocenters. The maximum absolute atomic E-state index is 5.04. The number of rotatable bonds is 0. The molecule has 1 heterocycles. The van der Waals surface area contributed by atoms with Crippen LogP contribution in [0.3, 0.4) is 0 Å². The maximum atomic E-state index is 5.04. The summed E-state index contributed by atoms with van der Waals surface area (Å²) in [6.07, 6.45) is 2.04. The highest BCUT2D eigenvalue weighted by Gasteiger charge is 1.91. The van der Waals surface area contributed by atoms with Crippen LogP contribution in [0.1, 0.15) is 20.0 Å². The van der Waals surface area contributed by atoms with E-state index in [-0.39, 0.29) is 7.43 Å². The van der Waals surface area contributed by atoms with Gasteiger partial charge in [-0.3, -0.25) is 4.99 Å². The fourth-order valence-electron chi connectivity index (χ4n) is 0.609. The van der Waals surface area contributed by atoms with Crippen LogP contribution in [0.15, 0.2) is 29.4 Å². The van der Waals surface area contributed by atoms with Crippen molar-refractivity contribution in [1.82, 2.24) is 0 Å². The van der Waals surface area contributed by atoms with Gasteiger partial charge in [0.25, 0.3) is 0 Å². The third kappa shape index (κ3) is 7.28. The van der Waals surface area contributed by atoms with Crippen LogP contribution in [0.4, 0.5) is 0 Å². The molecule has 0 spiro atoms. The van der Waals surface area contributed by atoms with Gasteiger partial charge in [0.05, 0.1) is 5.84 Å². The van der Waals surface area contributed by atoms with Gasteiger partial charge in [-0.15, -0.1) is 0 Å². The van der Waals surface area contributed by atoms with Gasteiger partial charge in [-0.05, 0) is 6.92 Å². The zero-order valence-electron chi connectivity index (χ0n) is 8.78. The van der Waals surface area contributed by atoms with E-state index in [1.807, 2.05) is 25.4 Å². The Kier molecular flexibility index (Phi) is 8.88. The molecule has 0 bridgehead atoms. The second kappa shape index (κ2) is 8.23. The molecule has 3 heteroatoms. The molecule has 1 aromatic rings. The van der Waals surface area contributed by atoms with E-state index in [0.717, 1.165) is 0 Å². The molecular formula is C11H22N3+. The smallest absolute Gasteiger partial charge is 0.177 e. The molecule has 0 aliphatic carbocycles. The van der Waals surface area contributed by atoms with Gasteiger partial charge in [-0.2, -0.15) is 0 Å². The summed E-state index contributed by atoms with van der Waals surface area (Å²) >= 11 is 0. The van der Waals surface area contributed by atoms with Gasteiger partial charge in [0, 0.05) is 26.1 Å². The Morgan fingerprint density at radius 1 is 1.43 bits per heavy atom. The average molecular weight is 196 g/mol. The fourth-order valence-corrected chi connectivity index (χ4v) is 0.609. The minimum absolute atomic E-state index is 0. The molecule has 0 unspecified atom stereocenters. The number of hydrogen-bond donors (Lipinski definition) is 1. The maximum Gasteiger partial charge on any atom is 0.177 e. The zero-order chi connectivity index (χ0) is 10.3.